The molecule has 0 aliphatic carbocycles. The van der Waals surface area contributed by atoms with Gasteiger partial charge in [0.2, 0.25) is 5.91 Å². The Kier molecular flexibility index (Phi) is 5.18. The van der Waals surface area contributed by atoms with Crippen LogP contribution < -0.4 is 5.73 Å². The number of aromatic nitrogens is 2. The lowest BCUT2D eigenvalue weighted by Gasteiger charge is -2.40. The van der Waals surface area contributed by atoms with Crippen LogP contribution in [0, 0.1) is 19.7 Å². The standard InChI is InChI=1S/C19H25FN4O/c1-13-11-14(2)24(22-13)12-17-5-3-4-10-23(17)18(19(21)25)15-6-8-16(20)9-7-15/h6-9,11,17-18H,3-5,10,12H2,1-2H3,(H2,21,25)/t17-,18+/m0/s1. The molecule has 3 rings (SSSR count). The number of piperidine rings is 1. The maximum absolute atomic E-state index is 13.3. The van der Waals surface area contributed by atoms with Gasteiger partial charge in [-0.1, -0.05) is 18.6 Å². The number of nitrogens with zero attached hydrogens (tertiary/aromatic N) is 3. The van der Waals surface area contributed by atoms with E-state index in [9.17, 15) is 9.18 Å². The van der Waals surface area contributed by atoms with Crippen molar-refractivity contribution in [2.45, 2.75) is 51.7 Å². The van der Waals surface area contributed by atoms with Crippen LogP contribution in [0.4, 0.5) is 4.39 Å². The quantitative estimate of drug-likeness (QED) is 0.907. The monoisotopic (exact) mass is 344 g/mol. The molecule has 1 fully saturated rings. The van der Waals surface area contributed by atoms with E-state index in [-0.39, 0.29) is 11.9 Å². The number of rotatable bonds is 5. The van der Waals surface area contributed by atoms with Crippen molar-refractivity contribution in [2.75, 3.05) is 6.54 Å². The number of likely N-dealkylation sites (tertiary alicyclic amines) is 1. The number of carbonyl (C=O) groups excluding carboxylic acids is 1. The summed E-state index contributed by atoms with van der Waals surface area (Å²) in [5.74, 6) is -0.711. The fourth-order valence-electron chi connectivity index (χ4n) is 3.78. The number of nitrogens with two attached hydrogens (primary N) is 1. The molecule has 1 aliphatic heterocycles. The Hall–Kier alpha value is -2.21. The lowest BCUT2D eigenvalue weighted by molar-refractivity contribution is -0.125. The van der Waals surface area contributed by atoms with Crippen LogP contribution >= 0.6 is 0 Å². The highest BCUT2D eigenvalue weighted by molar-refractivity contribution is 5.81. The minimum absolute atomic E-state index is 0.175. The van der Waals surface area contributed by atoms with Crippen molar-refractivity contribution in [3.05, 3.63) is 53.1 Å². The SMILES string of the molecule is Cc1cc(C)n(C[C@@H]2CCCCN2[C@@H](C(N)=O)c2ccc(F)cc2)n1. The first-order chi connectivity index (χ1) is 12.0. The van der Waals surface area contributed by atoms with Gasteiger partial charge in [-0.2, -0.15) is 5.10 Å². The first kappa shape index (κ1) is 17.6. The van der Waals surface area contributed by atoms with Gasteiger partial charge in [-0.25, -0.2) is 4.39 Å². The molecule has 1 saturated heterocycles. The number of halogens is 1. The van der Waals surface area contributed by atoms with Gasteiger partial charge in [-0.3, -0.25) is 14.4 Å². The van der Waals surface area contributed by atoms with E-state index in [1.807, 2.05) is 18.5 Å². The van der Waals surface area contributed by atoms with Gasteiger partial charge < -0.3 is 5.73 Å². The fraction of sp³-hybridized carbons (Fsp3) is 0.474. The first-order valence-corrected chi connectivity index (χ1v) is 8.77. The summed E-state index contributed by atoms with van der Waals surface area (Å²) in [6.07, 6.45) is 3.14. The summed E-state index contributed by atoms with van der Waals surface area (Å²) in [5.41, 5.74) is 8.58. The summed E-state index contributed by atoms with van der Waals surface area (Å²) < 4.78 is 15.3. The molecule has 2 atom stereocenters. The molecule has 1 aromatic carbocycles. The number of hydrogen-bond acceptors (Lipinski definition) is 3. The van der Waals surface area contributed by atoms with E-state index in [4.69, 9.17) is 5.73 Å². The molecule has 1 aliphatic rings. The van der Waals surface area contributed by atoms with Crippen molar-refractivity contribution >= 4 is 5.91 Å². The summed E-state index contributed by atoms with van der Waals surface area (Å²) in [6, 6.07) is 7.76. The van der Waals surface area contributed by atoms with Gasteiger partial charge in [0.05, 0.1) is 12.2 Å². The second-order valence-corrected chi connectivity index (χ2v) is 6.85. The summed E-state index contributed by atoms with van der Waals surface area (Å²) in [4.78, 5) is 14.4. The topological polar surface area (TPSA) is 64.2 Å². The normalized spacial score (nSPS) is 19.7. The summed E-state index contributed by atoms with van der Waals surface area (Å²) in [7, 11) is 0. The Morgan fingerprint density at radius 1 is 1.32 bits per heavy atom. The molecule has 25 heavy (non-hydrogen) atoms. The van der Waals surface area contributed by atoms with Gasteiger partial charge in [-0.15, -0.1) is 0 Å². The molecule has 0 bridgehead atoms. The van der Waals surface area contributed by atoms with Gasteiger partial charge in [0.1, 0.15) is 11.9 Å². The van der Waals surface area contributed by atoms with Crippen LogP contribution in [0.1, 0.15) is 42.3 Å². The average molecular weight is 344 g/mol. The molecule has 2 heterocycles. The Labute approximate surface area is 147 Å². The van der Waals surface area contributed by atoms with Gasteiger partial charge >= 0.3 is 0 Å². The van der Waals surface area contributed by atoms with Crippen molar-refractivity contribution in [1.29, 1.82) is 0 Å². The van der Waals surface area contributed by atoms with Crippen LogP contribution in [0.3, 0.4) is 0 Å². The molecule has 2 aromatic rings. The van der Waals surface area contributed by atoms with E-state index in [0.29, 0.717) is 0 Å². The number of carbonyl (C=O) groups is 1. The molecule has 5 nitrogen and oxygen atoms in total. The summed E-state index contributed by atoms with van der Waals surface area (Å²) >= 11 is 0. The third kappa shape index (κ3) is 3.90. The van der Waals surface area contributed by atoms with E-state index in [1.165, 1.54) is 12.1 Å². The molecular formula is C19H25FN4O. The van der Waals surface area contributed by atoms with Crippen molar-refractivity contribution < 1.29 is 9.18 Å². The molecule has 0 radical (unpaired) electrons. The molecule has 6 heteroatoms. The van der Waals surface area contributed by atoms with E-state index >= 15 is 0 Å². The smallest absolute Gasteiger partial charge is 0.239 e. The third-order valence-corrected chi connectivity index (χ3v) is 4.95. The van der Waals surface area contributed by atoms with Crippen LogP contribution in [0.2, 0.25) is 0 Å². The minimum atomic E-state index is -0.539. The van der Waals surface area contributed by atoms with Crippen molar-refractivity contribution in [3.8, 4) is 0 Å². The van der Waals surface area contributed by atoms with E-state index < -0.39 is 11.9 Å². The number of hydrogen-bond donors (Lipinski definition) is 1. The maximum atomic E-state index is 13.3. The Morgan fingerprint density at radius 2 is 2.04 bits per heavy atom. The third-order valence-electron chi connectivity index (χ3n) is 4.95. The predicted octanol–water partition coefficient (Wildman–Crippen LogP) is 2.72. The Balaban J connectivity index is 1.88. The second-order valence-electron chi connectivity index (χ2n) is 6.85. The van der Waals surface area contributed by atoms with E-state index in [1.54, 1.807) is 12.1 Å². The zero-order valence-electron chi connectivity index (χ0n) is 14.8. The molecule has 1 amide bonds. The highest BCUT2D eigenvalue weighted by Gasteiger charge is 2.33. The summed E-state index contributed by atoms with van der Waals surface area (Å²) in [6.45, 7) is 5.55. The maximum Gasteiger partial charge on any atom is 0.239 e. The average Bonchev–Trinajstić information content (AvgIpc) is 2.88. The molecular weight excluding hydrogens is 319 g/mol. The second kappa shape index (κ2) is 7.35. The van der Waals surface area contributed by atoms with Crippen LogP contribution in [0.15, 0.2) is 30.3 Å². The number of aryl methyl sites for hydroxylation is 2. The van der Waals surface area contributed by atoms with Crippen LogP contribution in [-0.2, 0) is 11.3 Å². The van der Waals surface area contributed by atoms with Gasteiger partial charge in [0.15, 0.2) is 0 Å². The highest BCUT2D eigenvalue weighted by atomic mass is 19.1. The van der Waals surface area contributed by atoms with Crippen LogP contribution in [0.5, 0.6) is 0 Å². The molecule has 134 valence electrons. The molecule has 0 unspecified atom stereocenters. The van der Waals surface area contributed by atoms with Gasteiger partial charge in [0.25, 0.3) is 0 Å². The largest absolute Gasteiger partial charge is 0.368 e. The molecule has 1 aromatic heterocycles. The highest BCUT2D eigenvalue weighted by Crippen LogP contribution is 2.30. The van der Waals surface area contributed by atoms with Crippen LogP contribution in [0.25, 0.3) is 0 Å². The zero-order valence-corrected chi connectivity index (χ0v) is 14.8. The van der Waals surface area contributed by atoms with Crippen molar-refractivity contribution in [1.82, 2.24) is 14.7 Å². The molecule has 2 N–H and O–H groups in total. The van der Waals surface area contributed by atoms with Crippen molar-refractivity contribution in [2.24, 2.45) is 5.73 Å². The number of amides is 1. The lowest BCUT2D eigenvalue weighted by Crippen LogP contribution is -2.48. The lowest BCUT2D eigenvalue weighted by atomic mass is 9.95. The van der Waals surface area contributed by atoms with Crippen molar-refractivity contribution in [3.63, 3.8) is 0 Å². The van der Waals surface area contributed by atoms with E-state index in [2.05, 4.69) is 16.1 Å². The van der Waals surface area contributed by atoms with E-state index in [0.717, 1.165) is 49.3 Å². The zero-order chi connectivity index (χ0) is 18.0. The van der Waals surface area contributed by atoms with Crippen LogP contribution in [-0.4, -0.2) is 33.2 Å². The minimum Gasteiger partial charge on any atom is -0.368 e. The number of benzene rings is 1. The Bertz CT molecular complexity index is 740. The summed E-state index contributed by atoms with van der Waals surface area (Å²) in [5, 5.41) is 4.55. The molecule has 0 spiro atoms. The fourth-order valence-corrected chi connectivity index (χ4v) is 3.78. The first-order valence-electron chi connectivity index (χ1n) is 8.77. The molecule has 0 saturated carbocycles. The van der Waals surface area contributed by atoms with Gasteiger partial charge in [0, 0.05) is 11.7 Å². The number of primary amides is 1. The van der Waals surface area contributed by atoms with Gasteiger partial charge in [-0.05, 0) is 57.0 Å². The predicted molar refractivity (Wildman–Crippen MR) is 94.4 cm³/mol. The Morgan fingerprint density at radius 3 is 2.64 bits per heavy atom.